The minimum atomic E-state index is -0.373. The number of hydrogen-bond donors (Lipinski definition) is 2. The van der Waals surface area contributed by atoms with E-state index in [0.29, 0.717) is 24.7 Å². The summed E-state index contributed by atoms with van der Waals surface area (Å²) < 4.78 is 5.78. The first-order valence-corrected chi connectivity index (χ1v) is 6.90. The molecule has 6 nitrogen and oxygen atoms in total. The third-order valence-electron chi connectivity index (χ3n) is 3.06. The van der Waals surface area contributed by atoms with E-state index in [1.54, 1.807) is 6.07 Å². The van der Waals surface area contributed by atoms with Crippen molar-refractivity contribution in [1.29, 1.82) is 0 Å². The van der Waals surface area contributed by atoms with Crippen molar-refractivity contribution in [3.8, 4) is 0 Å². The molecule has 1 aliphatic heterocycles. The number of nitrogens with two attached hydrogens (primary N) is 1. The van der Waals surface area contributed by atoms with Crippen molar-refractivity contribution in [2.45, 2.75) is 32.5 Å². The molecule has 0 spiro atoms. The maximum absolute atomic E-state index is 9.35. The van der Waals surface area contributed by atoms with Gasteiger partial charge in [-0.2, -0.15) is 0 Å². The van der Waals surface area contributed by atoms with Gasteiger partial charge >= 0.3 is 0 Å². The lowest BCUT2D eigenvalue weighted by Crippen LogP contribution is -2.54. The molecule has 7 heteroatoms. The molecule has 110 valence electrons. The van der Waals surface area contributed by atoms with Gasteiger partial charge in [-0.15, -0.1) is 0 Å². The van der Waals surface area contributed by atoms with Crippen LogP contribution in [0.3, 0.4) is 0 Å². The standard InChI is InChI=1S/C13H20N4O2S/c1-8-4-10(11(14)20)16-12(15-8)17-5-9(6-18)19-13(2,3)7-17/h4,9,18H,5-7H2,1-3H3,(H2,14,20). The number of ether oxygens (including phenoxy) is 1. The van der Waals surface area contributed by atoms with Crippen molar-refractivity contribution in [3.63, 3.8) is 0 Å². The second-order valence-electron chi connectivity index (χ2n) is 5.62. The fourth-order valence-corrected chi connectivity index (χ4v) is 2.47. The van der Waals surface area contributed by atoms with Gasteiger partial charge < -0.3 is 20.5 Å². The first-order chi connectivity index (χ1) is 9.30. The number of rotatable bonds is 3. The molecule has 1 aliphatic rings. The molecular formula is C13H20N4O2S. The Balaban J connectivity index is 2.32. The molecule has 0 aromatic carbocycles. The van der Waals surface area contributed by atoms with Crippen LogP contribution in [0.25, 0.3) is 0 Å². The molecule has 1 saturated heterocycles. The Labute approximate surface area is 124 Å². The van der Waals surface area contributed by atoms with Crippen LogP contribution in [0.4, 0.5) is 5.95 Å². The number of anilines is 1. The summed E-state index contributed by atoms with van der Waals surface area (Å²) in [5.74, 6) is 0.572. The third kappa shape index (κ3) is 3.41. The summed E-state index contributed by atoms with van der Waals surface area (Å²) in [7, 11) is 0. The summed E-state index contributed by atoms with van der Waals surface area (Å²) in [6.07, 6.45) is -0.254. The van der Waals surface area contributed by atoms with Gasteiger partial charge in [-0.3, -0.25) is 0 Å². The minimum Gasteiger partial charge on any atom is -0.394 e. The highest BCUT2D eigenvalue weighted by Gasteiger charge is 2.34. The van der Waals surface area contributed by atoms with Crippen molar-refractivity contribution < 1.29 is 9.84 Å². The quantitative estimate of drug-likeness (QED) is 0.781. The van der Waals surface area contributed by atoms with E-state index in [-0.39, 0.29) is 23.3 Å². The molecule has 20 heavy (non-hydrogen) atoms. The van der Waals surface area contributed by atoms with Crippen LogP contribution in [0.15, 0.2) is 6.07 Å². The van der Waals surface area contributed by atoms with Gasteiger partial charge in [-0.05, 0) is 26.8 Å². The van der Waals surface area contributed by atoms with Crippen molar-refractivity contribution in [2.24, 2.45) is 5.73 Å². The highest BCUT2D eigenvalue weighted by Crippen LogP contribution is 2.24. The van der Waals surface area contributed by atoms with E-state index < -0.39 is 0 Å². The molecule has 0 saturated carbocycles. The van der Waals surface area contributed by atoms with Crippen molar-refractivity contribution in [2.75, 3.05) is 24.6 Å². The summed E-state index contributed by atoms with van der Waals surface area (Å²) in [4.78, 5) is 11.1. The maximum Gasteiger partial charge on any atom is 0.226 e. The van der Waals surface area contributed by atoms with E-state index in [4.69, 9.17) is 22.7 Å². The topological polar surface area (TPSA) is 84.5 Å². The minimum absolute atomic E-state index is 0.0338. The molecule has 3 N–H and O–H groups in total. The average molecular weight is 296 g/mol. The SMILES string of the molecule is Cc1cc(C(N)=S)nc(N2CC(CO)OC(C)(C)C2)n1. The fourth-order valence-electron chi connectivity index (χ4n) is 2.36. The molecule has 2 heterocycles. The summed E-state index contributed by atoms with van der Waals surface area (Å²) >= 11 is 4.98. The van der Waals surface area contributed by atoms with Crippen LogP contribution < -0.4 is 10.6 Å². The Kier molecular flexibility index (Phi) is 4.22. The summed E-state index contributed by atoms with van der Waals surface area (Å²) in [5, 5.41) is 9.35. The van der Waals surface area contributed by atoms with Crippen LogP contribution in [0.1, 0.15) is 25.2 Å². The predicted molar refractivity (Wildman–Crippen MR) is 80.9 cm³/mol. The Morgan fingerprint density at radius 1 is 1.60 bits per heavy atom. The van der Waals surface area contributed by atoms with Gasteiger partial charge in [0.2, 0.25) is 5.95 Å². The number of thiocarbonyl (C=S) groups is 1. The lowest BCUT2D eigenvalue weighted by atomic mass is 10.1. The average Bonchev–Trinajstić information content (AvgIpc) is 2.36. The van der Waals surface area contributed by atoms with E-state index in [1.165, 1.54) is 0 Å². The number of aryl methyl sites for hydroxylation is 1. The Bertz CT molecular complexity index is 521. The van der Waals surface area contributed by atoms with Crippen LogP contribution in [-0.4, -0.2) is 51.5 Å². The Morgan fingerprint density at radius 3 is 2.90 bits per heavy atom. The Hall–Kier alpha value is -1.31. The van der Waals surface area contributed by atoms with Crippen molar-refractivity contribution in [1.82, 2.24) is 9.97 Å². The van der Waals surface area contributed by atoms with E-state index in [2.05, 4.69) is 9.97 Å². The molecule has 1 aromatic rings. The van der Waals surface area contributed by atoms with Crippen LogP contribution in [0.2, 0.25) is 0 Å². The first-order valence-electron chi connectivity index (χ1n) is 6.50. The van der Waals surface area contributed by atoms with Gasteiger partial charge in [-0.25, -0.2) is 9.97 Å². The van der Waals surface area contributed by atoms with Gasteiger partial charge in [0.15, 0.2) is 0 Å². The second-order valence-corrected chi connectivity index (χ2v) is 6.06. The molecule has 1 atom stereocenters. The molecule has 0 aliphatic carbocycles. The highest BCUT2D eigenvalue weighted by atomic mass is 32.1. The lowest BCUT2D eigenvalue weighted by Gasteiger charge is -2.42. The second kappa shape index (κ2) is 5.59. The summed E-state index contributed by atoms with van der Waals surface area (Å²) in [5.41, 5.74) is 6.64. The summed E-state index contributed by atoms with van der Waals surface area (Å²) in [6.45, 7) is 6.98. The smallest absolute Gasteiger partial charge is 0.226 e. The van der Waals surface area contributed by atoms with Gasteiger partial charge in [-0.1, -0.05) is 12.2 Å². The van der Waals surface area contributed by atoms with Crippen LogP contribution >= 0.6 is 12.2 Å². The molecule has 1 unspecified atom stereocenters. The maximum atomic E-state index is 9.35. The fraction of sp³-hybridized carbons (Fsp3) is 0.615. The predicted octanol–water partition coefficient (Wildman–Crippen LogP) is 0.395. The number of hydrogen-bond acceptors (Lipinski definition) is 6. The zero-order valence-electron chi connectivity index (χ0n) is 12.0. The monoisotopic (exact) mass is 296 g/mol. The molecule has 1 aromatic heterocycles. The molecule has 2 rings (SSSR count). The van der Waals surface area contributed by atoms with E-state index in [1.807, 2.05) is 25.7 Å². The lowest BCUT2D eigenvalue weighted by molar-refractivity contribution is -0.101. The first kappa shape index (κ1) is 15.1. The summed E-state index contributed by atoms with van der Waals surface area (Å²) in [6, 6.07) is 1.76. The van der Waals surface area contributed by atoms with Crippen LogP contribution in [-0.2, 0) is 4.74 Å². The van der Waals surface area contributed by atoms with Crippen LogP contribution in [0, 0.1) is 6.92 Å². The number of morpholine rings is 1. The molecule has 0 bridgehead atoms. The number of nitrogens with zero attached hydrogens (tertiary/aromatic N) is 3. The molecule has 0 radical (unpaired) electrons. The van der Waals surface area contributed by atoms with Gasteiger partial charge in [0.1, 0.15) is 10.7 Å². The Morgan fingerprint density at radius 2 is 2.30 bits per heavy atom. The van der Waals surface area contributed by atoms with E-state index in [9.17, 15) is 5.11 Å². The van der Waals surface area contributed by atoms with Gasteiger partial charge in [0.25, 0.3) is 0 Å². The van der Waals surface area contributed by atoms with E-state index >= 15 is 0 Å². The number of aliphatic hydroxyl groups excluding tert-OH is 1. The zero-order chi connectivity index (χ0) is 14.9. The van der Waals surface area contributed by atoms with Gasteiger partial charge in [0.05, 0.1) is 18.3 Å². The van der Waals surface area contributed by atoms with Gasteiger partial charge in [0, 0.05) is 18.8 Å². The molecule has 0 amide bonds. The van der Waals surface area contributed by atoms with Crippen molar-refractivity contribution in [3.05, 3.63) is 17.5 Å². The number of aromatic nitrogens is 2. The van der Waals surface area contributed by atoms with Crippen LogP contribution in [0.5, 0.6) is 0 Å². The van der Waals surface area contributed by atoms with E-state index in [0.717, 1.165) is 5.69 Å². The third-order valence-corrected chi connectivity index (χ3v) is 3.27. The van der Waals surface area contributed by atoms with Crippen molar-refractivity contribution >= 4 is 23.2 Å². The zero-order valence-corrected chi connectivity index (χ0v) is 12.8. The normalized spacial score (nSPS) is 21.8. The highest BCUT2D eigenvalue weighted by molar-refractivity contribution is 7.80. The number of aliphatic hydroxyl groups is 1. The molecule has 1 fully saturated rings. The molecular weight excluding hydrogens is 276 g/mol. The largest absolute Gasteiger partial charge is 0.394 e.